The van der Waals surface area contributed by atoms with Crippen LogP contribution in [0.25, 0.3) is 10.1 Å². The lowest BCUT2D eigenvalue weighted by Gasteiger charge is -2.13. The van der Waals surface area contributed by atoms with Crippen molar-refractivity contribution in [1.82, 2.24) is 10.9 Å². The quantitative estimate of drug-likeness (QED) is 0.302. The number of methoxy groups -OCH3 is 3. The van der Waals surface area contributed by atoms with Crippen molar-refractivity contribution in [2.75, 3.05) is 21.3 Å². The third-order valence-corrected chi connectivity index (χ3v) is 7.91. The molecule has 37 heavy (non-hydrogen) atoms. The van der Waals surface area contributed by atoms with Gasteiger partial charge in [-0.05, 0) is 36.4 Å². The molecule has 0 fully saturated rings. The minimum Gasteiger partial charge on any atom is -0.545 e. The summed E-state index contributed by atoms with van der Waals surface area (Å²) in [5, 5.41) is 12.1. The zero-order valence-electron chi connectivity index (χ0n) is 20.6. The Balaban J connectivity index is 0.00000380. The van der Waals surface area contributed by atoms with Gasteiger partial charge in [-0.1, -0.05) is 18.2 Å². The van der Waals surface area contributed by atoms with E-state index in [-0.39, 0.29) is 17.6 Å². The minimum absolute atomic E-state index is 0. The molecule has 0 aliphatic heterocycles. The van der Waals surface area contributed by atoms with E-state index in [9.17, 15) is 18.3 Å². The van der Waals surface area contributed by atoms with Crippen LogP contribution in [0.5, 0.6) is 28.7 Å². The summed E-state index contributed by atoms with van der Waals surface area (Å²) in [6, 6.07) is 15.7. The van der Waals surface area contributed by atoms with E-state index in [4.69, 9.17) is 18.9 Å². The zero-order chi connectivity index (χ0) is 25.9. The van der Waals surface area contributed by atoms with Crippen LogP contribution >= 0.6 is 11.3 Å². The number of carbonyl (C=O) groups is 1. The zero-order valence-corrected chi connectivity index (χ0v) is 22.2. The molecular weight excluding hydrogens is 520 g/mol. The molecular formula is C25H26N2O8S2. The number of hydrogen-bond acceptors (Lipinski definition) is 9. The molecule has 0 unspecified atom stereocenters. The molecule has 1 aromatic heterocycles. The fraction of sp³-hybridized carbons (Fsp3) is 0.160. The summed E-state index contributed by atoms with van der Waals surface area (Å²) in [4.78, 5) is 11.6. The highest BCUT2D eigenvalue weighted by Gasteiger charge is 2.23. The summed E-state index contributed by atoms with van der Waals surface area (Å²) >= 11 is 1.31. The van der Waals surface area contributed by atoms with Gasteiger partial charge in [0.15, 0.2) is 17.2 Å². The molecule has 5 N–H and O–H groups in total. The van der Waals surface area contributed by atoms with Crippen LogP contribution in [0, 0.1) is 0 Å². The number of rotatable bonds is 10. The Kier molecular flexibility index (Phi) is 8.61. The van der Waals surface area contributed by atoms with Crippen molar-refractivity contribution >= 4 is 37.4 Å². The molecule has 3 aromatic carbocycles. The molecule has 0 radical (unpaired) electrons. The van der Waals surface area contributed by atoms with Crippen molar-refractivity contribution in [1.29, 1.82) is 0 Å². The van der Waals surface area contributed by atoms with Gasteiger partial charge in [-0.15, -0.1) is 11.3 Å². The molecule has 196 valence electrons. The largest absolute Gasteiger partial charge is 0.545 e. The maximum Gasteiger partial charge on any atom is 0.241 e. The molecule has 4 aromatic rings. The molecule has 0 saturated heterocycles. The Morgan fingerprint density at radius 2 is 1.54 bits per heavy atom. The number of sulfonamides is 1. The van der Waals surface area contributed by atoms with Crippen molar-refractivity contribution in [3.63, 3.8) is 0 Å². The van der Waals surface area contributed by atoms with Crippen molar-refractivity contribution in [2.24, 2.45) is 0 Å². The Bertz CT molecular complexity index is 1520. The number of nitrogens with one attached hydrogen (secondary N) is 1. The van der Waals surface area contributed by atoms with Crippen LogP contribution in [-0.2, 0) is 16.6 Å². The Labute approximate surface area is 218 Å². The Morgan fingerprint density at radius 1 is 0.919 bits per heavy atom. The average Bonchev–Trinajstić information content (AvgIpc) is 3.23. The number of thiophene rings is 1. The predicted molar refractivity (Wildman–Crippen MR) is 139 cm³/mol. The summed E-state index contributed by atoms with van der Waals surface area (Å²) in [7, 11) is 0.420. The van der Waals surface area contributed by atoms with Crippen LogP contribution < -0.4 is 34.9 Å². The normalized spacial score (nSPS) is 11.0. The molecule has 4 rings (SSSR count). The van der Waals surface area contributed by atoms with Gasteiger partial charge < -0.3 is 35.0 Å². The second-order valence-electron chi connectivity index (χ2n) is 7.44. The molecule has 0 spiro atoms. The fourth-order valence-corrected chi connectivity index (χ4v) is 5.91. The molecule has 0 aliphatic carbocycles. The standard InChI is InChI=1S/C25H23NO8S2.H3N/c1-31-15-8-10-16(11-9-15)34-24-18-12-19(32-2)20(33-3)13-21(18)35-22(24)14-26-36(29,30)23-7-5-4-6-17(23)25(27)28;/h4-13,26H,14H2,1-3H3,(H,27,28);1H3. The van der Waals surface area contributed by atoms with Crippen molar-refractivity contribution < 1.29 is 37.3 Å². The number of aromatic carboxylic acids is 1. The van der Waals surface area contributed by atoms with Gasteiger partial charge >= 0.3 is 0 Å². The van der Waals surface area contributed by atoms with Gasteiger partial charge in [0.25, 0.3) is 0 Å². The van der Waals surface area contributed by atoms with Gasteiger partial charge in [0.2, 0.25) is 10.0 Å². The highest BCUT2D eigenvalue weighted by molar-refractivity contribution is 7.89. The summed E-state index contributed by atoms with van der Waals surface area (Å²) in [5.74, 6) is 1.01. The van der Waals surface area contributed by atoms with E-state index in [1.165, 1.54) is 49.8 Å². The molecule has 0 amide bonds. The number of ether oxygens (including phenoxy) is 4. The minimum atomic E-state index is -4.18. The third-order valence-electron chi connectivity index (χ3n) is 5.32. The summed E-state index contributed by atoms with van der Waals surface area (Å²) in [6.45, 7) is -0.154. The van der Waals surface area contributed by atoms with E-state index in [0.717, 1.165) is 4.70 Å². The van der Waals surface area contributed by atoms with E-state index < -0.39 is 21.6 Å². The number of hydrogen-bond donors (Lipinski definition) is 2. The first-order valence-corrected chi connectivity index (χ1v) is 12.9. The van der Waals surface area contributed by atoms with Crippen molar-refractivity contribution in [2.45, 2.75) is 11.4 Å². The lowest BCUT2D eigenvalue weighted by molar-refractivity contribution is -0.255. The summed E-state index contributed by atoms with van der Waals surface area (Å²) in [6.07, 6.45) is 0. The lowest BCUT2D eigenvalue weighted by Crippen LogP contribution is -2.29. The van der Waals surface area contributed by atoms with Crippen molar-refractivity contribution in [3.05, 3.63) is 71.1 Å². The molecule has 10 nitrogen and oxygen atoms in total. The SMILES string of the molecule is COc1ccc(Oc2c(CNS(=O)(=O)c3ccccc3C(=O)[O-])sc3cc(OC)c(OC)cc23)cc1.[NH4+]. The van der Waals surface area contributed by atoms with Gasteiger partial charge in [0.1, 0.15) is 11.5 Å². The molecule has 0 aliphatic rings. The highest BCUT2D eigenvalue weighted by atomic mass is 32.2. The number of quaternary nitrogens is 1. The number of carboxylic acid groups (broad SMARTS) is 1. The second kappa shape index (κ2) is 11.5. The van der Waals surface area contributed by atoms with Crippen LogP contribution in [-0.4, -0.2) is 35.7 Å². The van der Waals surface area contributed by atoms with E-state index in [1.807, 2.05) is 0 Å². The van der Waals surface area contributed by atoms with E-state index in [1.54, 1.807) is 43.5 Å². The highest BCUT2D eigenvalue weighted by Crippen LogP contribution is 2.45. The average molecular weight is 547 g/mol. The molecule has 1 heterocycles. The van der Waals surface area contributed by atoms with E-state index >= 15 is 0 Å². The third kappa shape index (κ3) is 5.78. The maximum absolute atomic E-state index is 13.0. The summed E-state index contributed by atoms with van der Waals surface area (Å²) in [5.41, 5.74) is -0.425. The first kappa shape index (κ1) is 27.7. The van der Waals surface area contributed by atoms with Crippen LogP contribution in [0.4, 0.5) is 0 Å². The smallest absolute Gasteiger partial charge is 0.241 e. The number of fused-ring (bicyclic) bond motifs is 1. The summed E-state index contributed by atoms with van der Waals surface area (Å²) < 4.78 is 51.5. The van der Waals surface area contributed by atoms with Crippen LogP contribution in [0.1, 0.15) is 15.2 Å². The first-order chi connectivity index (χ1) is 17.3. The predicted octanol–water partition coefficient (Wildman–Crippen LogP) is 3.94. The monoisotopic (exact) mass is 546 g/mol. The molecule has 0 saturated carbocycles. The molecule has 0 bridgehead atoms. The topological polar surface area (TPSA) is 160 Å². The number of carbonyl (C=O) groups excluding carboxylic acids is 1. The number of carboxylic acids is 1. The van der Waals surface area contributed by atoms with Gasteiger partial charge in [-0.25, -0.2) is 13.1 Å². The Morgan fingerprint density at radius 3 is 2.16 bits per heavy atom. The van der Waals surface area contributed by atoms with Crippen LogP contribution in [0.2, 0.25) is 0 Å². The van der Waals surface area contributed by atoms with Gasteiger partial charge in [0, 0.05) is 28.3 Å². The number of benzene rings is 3. The van der Waals surface area contributed by atoms with E-state index in [0.29, 0.717) is 39.0 Å². The maximum atomic E-state index is 13.0. The van der Waals surface area contributed by atoms with Gasteiger partial charge in [0.05, 0.1) is 37.1 Å². The van der Waals surface area contributed by atoms with Crippen molar-refractivity contribution in [3.8, 4) is 28.7 Å². The van der Waals surface area contributed by atoms with Crippen LogP contribution in [0.15, 0.2) is 65.6 Å². The Hall–Kier alpha value is -3.84. The molecule has 0 atom stereocenters. The molecule has 12 heteroatoms. The van der Waals surface area contributed by atoms with Gasteiger partial charge in [-0.3, -0.25) is 0 Å². The second-order valence-corrected chi connectivity index (χ2v) is 10.3. The van der Waals surface area contributed by atoms with Crippen LogP contribution in [0.3, 0.4) is 0 Å². The lowest BCUT2D eigenvalue weighted by atomic mass is 10.2. The fourth-order valence-electron chi connectivity index (χ4n) is 3.55. The van der Waals surface area contributed by atoms with E-state index in [2.05, 4.69) is 4.72 Å². The van der Waals surface area contributed by atoms with Gasteiger partial charge in [-0.2, -0.15) is 0 Å². The first-order valence-electron chi connectivity index (χ1n) is 10.6.